The Morgan fingerprint density at radius 1 is 0.365 bits per heavy atom. The second kappa shape index (κ2) is 11.2. The molecular weight excluding hydrogens is 633 g/mol. The van der Waals surface area contributed by atoms with Crippen molar-refractivity contribution < 1.29 is 0 Å². The Labute approximate surface area is 299 Å². The molecule has 0 unspecified atom stereocenters. The average molecular weight is 663 g/mol. The van der Waals surface area contributed by atoms with E-state index in [0.717, 1.165) is 49.9 Å². The van der Waals surface area contributed by atoms with Crippen LogP contribution in [-0.4, -0.2) is 19.1 Å². The van der Waals surface area contributed by atoms with Crippen molar-refractivity contribution >= 4 is 65.3 Å². The molecule has 0 atom stereocenters. The van der Waals surface area contributed by atoms with E-state index in [1.54, 1.807) is 0 Å². The summed E-state index contributed by atoms with van der Waals surface area (Å²) in [4.78, 5) is 11.1. The summed E-state index contributed by atoms with van der Waals surface area (Å²) in [5.41, 5.74) is 10.5. The van der Waals surface area contributed by atoms with Crippen molar-refractivity contribution in [3.8, 4) is 34.0 Å². The molecular formula is C48H30N4. The van der Waals surface area contributed by atoms with Gasteiger partial charge in [-0.05, 0) is 75.1 Å². The van der Waals surface area contributed by atoms with Gasteiger partial charge in [0.2, 0.25) is 5.95 Å². The minimum atomic E-state index is 0.648. The fourth-order valence-corrected chi connectivity index (χ4v) is 8.12. The molecule has 0 fully saturated rings. The molecule has 52 heavy (non-hydrogen) atoms. The number of para-hydroxylation sites is 1. The van der Waals surface area contributed by atoms with Gasteiger partial charge < -0.3 is 4.57 Å². The van der Waals surface area contributed by atoms with E-state index in [1.807, 2.05) is 0 Å². The third-order valence-electron chi connectivity index (χ3n) is 10.5. The Bertz CT molecular complexity index is 3160. The molecule has 11 aromatic rings. The zero-order valence-corrected chi connectivity index (χ0v) is 28.1. The van der Waals surface area contributed by atoms with Gasteiger partial charge in [0.05, 0.1) is 22.1 Å². The topological polar surface area (TPSA) is 35.6 Å². The van der Waals surface area contributed by atoms with E-state index in [2.05, 4.69) is 191 Å². The quantitative estimate of drug-likeness (QED) is 0.188. The SMILES string of the molecule is c1ccc(-c2ccc3c(c2)c2c4ccccc4ccc2n3-c2nc(-c3ccccc3)c3c(n2)c2cc4ccccc4cc2n3-c2ccccc2)cc1. The molecule has 11 rings (SSSR count). The van der Waals surface area contributed by atoms with Crippen molar-refractivity contribution in [2.45, 2.75) is 0 Å². The highest BCUT2D eigenvalue weighted by molar-refractivity contribution is 6.22. The van der Waals surface area contributed by atoms with E-state index in [1.165, 1.54) is 43.4 Å². The van der Waals surface area contributed by atoms with Crippen LogP contribution in [-0.2, 0) is 0 Å². The second-order valence-electron chi connectivity index (χ2n) is 13.4. The van der Waals surface area contributed by atoms with Gasteiger partial charge >= 0.3 is 0 Å². The van der Waals surface area contributed by atoms with Gasteiger partial charge in [-0.25, -0.2) is 9.97 Å². The first-order valence-electron chi connectivity index (χ1n) is 17.7. The molecule has 0 aliphatic heterocycles. The summed E-state index contributed by atoms with van der Waals surface area (Å²) in [5.74, 6) is 0.648. The van der Waals surface area contributed by atoms with Crippen molar-refractivity contribution in [1.82, 2.24) is 19.1 Å². The van der Waals surface area contributed by atoms with Crippen LogP contribution in [0.15, 0.2) is 182 Å². The molecule has 0 aliphatic carbocycles. The van der Waals surface area contributed by atoms with Crippen LogP contribution >= 0.6 is 0 Å². The lowest BCUT2D eigenvalue weighted by molar-refractivity contribution is 1.01. The van der Waals surface area contributed by atoms with Crippen molar-refractivity contribution in [3.05, 3.63) is 182 Å². The summed E-state index contributed by atoms with van der Waals surface area (Å²) in [5, 5.41) is 8.26. The Morgan fingerprint density at radius 3 is 1.77 bits per heavy atom. The van der Waals surface area contributed by atoms with Crippen molar-refractivity contribution in [2.24, 2.45) is 0 Å². The molecule has 0 saturated carbocycles. The molecule has 0 bridgehead atoms. The summed E-state index contributed by atoms with van der Waals surface area (Å²) >= 11 is 0. The van der Waals surface area contributed by atoms with Gasteiger partial charge in [0, 0.05) is 27.4 Å². The minimum absolute atomic E-state index is 0.648. The Morgan fingerprint density at radius 2 is 1.00 bits per heavy atom. The van der Waals surface area contributed by atoms with Crippen LogP contribution in [0.4, 0.5) is 0 Å². The van der Waals surface area contributed by atoms with E-state index in [9.17, 15) is 0 Å². The van der Waals surface area contributed by atoms with Crippen molar-refractivity contribution in [2.75, 3.05) is 0 Å². The first-order valence-corrected chi connectivity index (χ1v) is 17.7. The maximum absolute atomic E-state index is 5.58. The van der Waals surface area contributed by atoms with E-state index >= 15 is 0 Å². The molecule has 0 spiro atoms. The van der Waals surface area contributed by atoms with Crippen LogP contribution in [0.1, 0.15) is 0 Å². The number of hydrogen-bond donors (Lipinski definition) is 0. The smallest absolute Gasteiger partial charge is 0.235 e. The summed E-state index contributed by atoms with van der Waals surface area (Å²) < 4.78 is 4.61. The molecule has 0 aliphatic rings. The van der Waals surface area contributed by atoms with Crippen molar-refractivity contribution in [1.29, 1.82) is 0 Å². The number of hydrogen-bond acceptors (Lipinski definition) is 2. The molecule has 0 N–H and O–H groups in total. The number of fused-ring (bicyclic) bond motifs is 9. The number of rotatable bonds is 4. The zero-order chi connectivity index (χ0) is 34.2. The average Bonchev–Trinajstić information content (AvgIpc) is 3.72. The lowest BCUT2D eigenvalue weighted by Gasteiger charge is -2.13. The van der Waals surface area contributed by atoms with E-state index < -0.39 is 0 Å². The molecule has 0 radical (unpaired) electrons. The van der Waals surface area contributed by atoms with Crippen LogP contribution in [0.3, 0.4) is 0 Å². The predicted octanol–water partition coefficient (Wildman–Crippen LogP) is 12.3. The molecule has 4 nitrogen and oxygen atoms in total. The first-order chi connectivity index (χ1) is 25.8. The van der Waals surface area contributed by atoms with Gasteiger partial charge in [-0.2, -0.15) is 0 Å². The fourth-order valence-electron chi connectivity index (χ4n) is 8.12. The van der Waals surface area contributed by atoms with Crippen LogP contribution in [0, 0.1) is 0 Å². The van der Waals surface area contributed by atoms with Crippen molar-refractivity contribution in [3.63, 3.8) is 0 Å². The summed E-state index contributed by atoms with van der Waals surface area (Å²) in [6, 6.07) is 64.8. The largest absolute Gasteiger partial charge is 0.306 e. The van der Waals surface area contributed by atoms with E-state index in [4.69, 9.17) is 9.97 Å². The number of aromatic nitrogens is 4. The highest BCUT2D eigenvalue weighted by atomic mass is 15.2. The molecule has 3 heterocycles. The molecule has 0 saturated heterocycles. The lowest BCUT2D eigenvalue weighted by atomic mass is 10.0. The minimum Gasteiger partial charge on any atom is -0.306 e. The third kappa shape index (κ3) is 4.28. The highest BCUT2D eigenvalue weighted by Crippen LogP contribution is 2.42. The van der Waals surface area contributed by atoms with Crippen LogP contribution in [0.25, 0.3) is 99.3 Å². The highest BCUT2D eigenvalue weighted by Gasteiger charge is 2.24. The number of nitrogens with zero attached hydrogens (tertiary/aromatic N) is 4. The summed E-state index contributed by atoms with van der Waals surface area (Å²) in [7, 11) is 0. The summed E-state index contributed by atoms with van der Waals surface area (Å²) in [6.07, 6.45) is 0. The van der Waals surface area contributed by atoms with E-state index in [0.29, 0.717) is 5.95 Å². The number of benzene rings is 8. The van der Waals surface area contributed by atoms with E-state index in [-0.39, 0.29) is 0 Å². The molecule has 242 valence electrons. The Kier molecular flexibility index (Phi) is 6.22. The van der Waals surface area contributed by atoms with Gasteiger partial charge in [-0.1, -0.05) is 140 Å². The van der Waals surface area contributed by atoms with Gasteiger partial charge in [-0.15, -0.1) is 0 Å². The molecule has 0 amide bonds. The Balaban J connectivity index is 1.31. The predicted molar refractivity (Wildman–Crippen MR) is 217 cm³/mol. The second-order valence-corrected chi connectivity index (χ2v) is 13.4. The molecule has 4 heteroatoms. The van der Waals surface area contributed by atoms with Gasteiger partial charge in [-0.3, -0.25) is 4.57 Å². The molecule has 3 aromatic heterocycles. The maximum Gasteiger partial charge on any atom is 0.235 e. The Hall–Kier alpha value is -7.04. The van der Waals surface area contributed by atoms with Gasteiger partial charge in [0.25, 0.3) is 0 Å². The summed E-state index contributed by atoms with van der Waals surface area (Å²) in [6.45, 7) is 0. The maximum atomic E-state index is 5.58. The standard InChI is InChI=1S/C48H30N4/c1-4-14-31(15-5-1)36-25-26-41-39(28-36)44-38-23-13-12-16-32(38)24-27-42(44)52(41)48-49-45(33-17-6-2-7-18-33)47-46(50-48)40-29-34-19-10-11-20-35(34)30-43(40)51(47)37-21-8-3-9-22-37/h1-30H. The zero-order valence-electron chi connectivity index (χ0n) is 28.1. The lowest BCUT2D eigenvalue weighted by Crippen LogP contribution is -2.05. The fraction of sp³-hybridized carbons (Fsp3) is 0. The van der Waals surface area contributed by atoms with Gasteiger partial charge in [0.15, 0.2) is 0 Å². The van der Waals surface area contributed by atoms with Crippen LogP contribution in [0.5, 0.6) is 0 Å². The monoisotopic (exact) mass is 662 g/mol. The van der Waals surface area contributed by atoms with Crippen LogP contribution in [0.2, 0.25) is 0 Å². The van der Waals surface area contributed by atoms with Crippen LogP contribution < -0.4 is 0 Å². The first kappa shape index (κ1) is 28.8. The molecule has 8 aromatic carbocycles. The third-order valence-corrected chi connectivity index (χ3v) is 10.5. The normalized spacial score (nSPS) is 11.8. The van der Waals surface area contributed by atoms with Gasteiger partial charge in [0.1, 0.15) is 11.2 Å².